The van der Waals surface area contributed by atoms with Gasteiger partial charge in [-0.25, -0.2) is 22.9 Å². The van der Waals surface area contributed by atoms with Crippen LogP contribution >= 0.6 is 11.6 Å². The molecule has 6 rings (SSSR count). The number of methoxy groups -OCH3 is 1. The van der Waals surface area contributed by atoms with E-state index in [9.17, 15) is 18.0 Å². The van der Waals surface area contributed by atoms with Crippen LogP contribution < -0.4 is 34.9 Å². The summed E-state index contributed by atoms with van der Waals surface area (Å²) in [6, 6.07) is 31.5. The van der Waals surface area contributed by atoms with E-state index in [0.717, 1.165) is 5.56 Å². The van der Waals surface area contributed by atoms with Crippen LogP contribution in [-0.4, -0.2) is 38.8 Å². The average Bonchev–Trinajstić information content (AvgIpc) is 3.18. The number of rotatable bonds is 13. The molecule has 1 aromatic heterocycles. The fourth-order valence-corrected chi connectivity index (χ4v) is 6.92. The number of aromatic nitrogens is 1. The molecule has 0 aliphatic carbocycles. The highest BCUT2D eigenvalue weighted by molar-refractivity contribution is 7.89. The molecule has 0 aliphatic heterocycles. The van der Waals surface area contributed by atoms with Gasteiger partial charge in [0.05, 0.1) is 24.0 Å². The summed E-state index contributed by atoms with van der Waals surface area (Å²) < 4.78 is 46.0. The van der Waals surface area contributed by atoms with Crippen LogP contribution in [0.5, 0.6) is 23.0 Å². The Balaban J connectivity index is 1.21. The number of nitrogens with zero attached hydrogens (tertiary/aromatic N) is 1. The summed E-state index contributed by atoms with van der Waals surface area (Å²) >= 11 is 5.85. The minimum Gasteiger partial charge on any atom is -0.493 e. The Kier molecular flexibility index (Phi) is 11.8. The normalized spacial score (nSPS) is 11.5. The first-order chi connectivity index (χ1) is 26.7. The standard InChI is InChI=1S/C42H40ClN5O7S/c1-42(2,3)27-21-34(39(53-5)37(22-27)56(51,52)44-4)48-41(50)47-33-17-18-35(31-14-10-9-13-30(31)33)55-29-19-20-45-38(24-29)46-28-15-16-32(40(43)49)36(23-28)54-25-26-11-7-6-8-12-26/h6-24,44H,25H2,1-5H3,(H,45,46)(H2,47,48,50). The van der Waals surface area contributed by atoms with Crippen LogP contribution in [0.25, 0.3) is 10.8 Å². The van der Waals surface area contributed by atoms with Crippen LogP contribution in [0, 0.1) is 0 Å². The zero-order valence-corrected chi connectivity index (χ0v) is 32.8. The van der Waals surface area contributed by atoms with Crippen LogP contribution in [-0.2, 0) is 22.0 Å². The Hall–Kier alpha value is -6.15. The number of anilines is 4. The number of sulfonamides is 1. The molecule has 0 atom stereocenters. The molecule has 0 unspecified atom stereocenters. The summed E-state index contributed by atoms with van der Waals surface area (Å²) in [5.41, 5.74) is 2.71. The van der Waals surface area contributed by atoms with E-state index in [4.69, 9.17) is 25.8 Å². The van der Waals surface area contributed by atoms with E-state index in [2.05, 4.69) is 25.7 Å². The number of ether oxygens (including phenoxy) is 3. The van der Waals surface area contributed by atoms with Crippen molar-refractivity contribution < 1.29 is 32.2 Å². The molecule has 0 aliphatic rings. The lowest BCUT2D eigenvalue weighted by molar-refractivity contribution is 0.107. The van der Waals surface area contributed by atoms with Crippen molar-refractivity contribution in [2.75, 3.05) is 30.1 Å². The fraction of sp³-hybridized carbons (Fsp3) is 0.167. The number of amides is 2. The number of pyridine rings is 1. The first-order valence-corrected chi connectivity index (χ1v) is 19.3. The number of carbonyl (C=O) groups excluding carboxylic acids is 2. The monoisotopic (exact) mass is 793 g/mol. The van der Waals surface area contributed by atoms with Crippen molar-refractivity contribution in [3.05, 3.63) is 132 Å². The summed E-state index contributed by atoms with van der Waals surface area (Å²) in [4.78, 5) is 30.0. The fourth-order valence-electron chi connectivity index (χ4n) is 5.83. The number of benzene rings is 5. The number of nitrogens with one attached hydrogen (secondary N) is 4. The Morgan fingerprint density at radius 3 is 2.21 bits per heavy atom. The predicted molar refractivity (Wildman–Crippen MR) is 220 cm³/mol. The highest BCUT2D eigenvalue weighted by atomic mass is 35.5. The molecule has 0 radical (unpaired) electrons. The van der Waals surface area contributed by atoms with Gasteiger partial charge in [-0.15, -0.1) is 0 Å². The van der Waals surface area contributed by atoms with E-state index < -0.39 is 26.7 Å². The van der Waals surface area contributed by atoms with Crippen molar-refractivity contribution in [3.63, 3.8) is 0 Å². The highest BCUT2D eigenvalue weighted by Crippen LogP contribution is 2.39. The lowest BCUT2D eigenvalue weighted by Crippen LogP contribution is -2.24. The van der Waals surface area contributed by atoms with Gasteiger partial charge < -0.3 is 30.2 Å². The van der Waals surface area contributed by atoms with Crippen molar-refractivity contribution in [1.82, 2.24) is 9.71 Å². The van der Waals surface area contributed by atoms with Gasteiger partial charge >= 0.3 is 6.03 Å². The molecule has 0 bridgehead atoms. The summed E-state index contributed by atoms with van der Waals surface area (Å²) in [5.74, 6) is 1.80. The van der Waals surface area contributed by atoms with Crippen LogP contribution in [0.3, 0.4) is 0 Å². The molecule has 0 saturated heterocycles. The lowest BCUT2D eigenvalue weighted by Gasteiger charge is -2.23. The molecule has 4 N–H and O–H groups in total. The first kappa shape index (κ1) is 39.5. The van der Waals surface area contributed by atoms with Gasteiger partial charge in [0.15, 0.2) is 5.75 Å². The number of hydrogen-bond donors (Lipinski definition) is 4. The van der Waals surface area contributed by atoms with E-state index in [1.54, 1.807) is 60.8 Å². The van der Waals surface area contributed by atoms with E-state index in [0.29, 0.717) is 50.8 Å². The third kappa shape index (κ3) is 9.20. The van der Waals surface area contributed by atoms with Gasteiger partial charge in [-0.1, -0.05) is 75.4 Å². The minimum absolute atomic E-state index is 0.00141. The third-order valence-corrected chi connectivity index (χ3v) is 10.3. The van der Waals surface area contributed by atoms with Gasteiger partial charge in [0.2, 0.25) is 10.0 Å². The van der Waals surface area contributed by atoms with Gasteiger partial charge in [-0.05, 0) is 77.7 Å². The number of urea groups is 1. The SMILES string of the molecule is CNS(=O)(=O)c1cc(C(C)(C)C)cc(NC(=O)Nc2ccc(Oc3ccnc(Nc4ccc(C(=O)Cl)c(OCc5ccccc5)c4)c3)c3ccccc23)c1OC. The predicted octanol–water partition coefficient (Wildman–Crippen LogP) is 9.59. The topological polar surface area (TPSA) is 157 Å². The molecule has 14 heteroatoms. The van der Waals surface area contributed by atoms with E-state index >= 15 is 0 Å². The second-order valence-electron chi connectivity index (χ2n) is 13.6. The molecule has 0 fully saturated rings. The van der Waals surface area contributed by atoms with Crippen molar-refractivity contribution in [1.29, 1.82) is 0 Å². The average molecular weight is 794 g/mol. The zero-order valence-electron chi connectivity index (χ0n) is 31.3. The number of halogens is 1. The highest BCUT2D eigenvalue weighted by Gasteiger charge is 2.27. The Labute approximate surface area is 330 Å². The quantitative estimate of drug-likeness (QED) is 0.0836. The Morgan fingerprint density at radius 2 is 1.52 bits per heavy atom. The van der Waals surface area contributed by atoms with Gasteiger partial charge in [-0.2, -0.15) is 0 Å². The maximum Gasteiger partial charge on any atom is 0.323 e. The molecule has 6 aromatic rings. The number of fused-ring (bicyclic) bond motifs is 1. The maximum absolute atomic E-state index is 13.5. The van der Waals surface area contributed by atoms with E-state index in [1.165, 1.54) is 14.2 Å². The van der Waals surface area contributed by atoms with Crippen LogP contribution in [0.15, 0.2) is 120 Å². The summed E-state index contributed by atoms with van der Waals surface area (Å²) in [7, 11) is -1.27. The van der Waals surface area contributed by atoms with Crippen molar-refractivity contribution in [2.45, 2.75) is 37.7 Å². The van der Waals surface area contributed by atoms with Crippen LogP contribution in [0.2, 0.25) is 0 Å². The molecule has 1 heterocycles. The molecule has 0 saturated carbocycles. The molecule has 5 aromatic carbocycles. The summed E-state index contributed by atoms with van der Waals surface area (Å²) in [6.07, 6.45) is 1.60. The zero-order chi connectivity index (χ0) is 40.0. The van der Waals surface area contributed by atoms with Gasteiger partial charge in [0.1, 0.15) is 34.6 Å². The molecule has 12 nitrogen and oxygen atoms in total. The summed E-state index contributed by atoms with van der Waals surface area (Å²) in [5, 5.41) is 9.68. The first-order valence-electron chi connectivity index (χ1n) is 17.4. The van der Waals surface area contributed by atoms with Gasteiger partial charge in [0.25, 0.3) is 5.24 Å². The maximum atomic E-state index is 13.5. The lowest BCUT2D eigenvalue weighted by atomic mass is 9.86. The molecular formula is C42H40ClN5O7S. The number of hydrogen-bond acceptors (Lipinski definition) is 9. The molecule has 288 valence electrons. The second-order valence-corrected chi connectivity index (χ2v) is 15.8. The van der Waals surface area contributed by atoms with Crippen molar-refractivity contribution >= 4 is 66.6 Å². The molecule has 0 spiro atoms. The second kappa shape index (κ2) is 16.7. The van der Waals surface area contributed by atoms with Gasteiger partial charge in [0, 0.05) is 34.8 Å². The molecular weight excluding hydrogens is 754 g/mol. The van der Waals surface area contributed by atoms with E-state index in [1.807, 2.05) is 75.4 Å². The van der Waals surface area contributed by atoms with Crippen molar-refractivity contribution in [3.8, 4) is 23.0 Å². The van der Waals surface area contributed by atoms with Crippen molar-refractivity contribution in [2.24, 2.45) is 0 Å². The molecule has 56 heavy (non-hydrogen) atoms. The van der Waals surface area contributed by atoms with Gasteiger partial charge in [-0.3, -0.25) is 4.79 Å². The van der Waals surface area contributed by atoms with E-state index in [-0.39, 0.29) is 28.5 Å². The molecule has 2 amide bonds. The largest absolute Gasteiger partial charge is 0.493 e. The Bertz CT molecular complexity index is 2530. The number of carbonyl (C=O) groups is 2. The third-order valence-electron chi connectivity index (χ3n) is 8.73. The minimum atomic E-state index is -3.93. The smallest absolute Gasteiger partial charge is 0.323 e. The van der Waals surface area contributed by atoms with Crippen LogP contribution in [0.4, 0.5) is 27.7 Å². The summed E-state index contributed by atoms with van der Waals surface area (Å²) in [6.45, 7) is 6.08. The van der Waals surface area contributed by atoms with Crippen LogP contribution in [0.1, 0.15) is 42.3 Å². The Morgan fingerprint density at radius 1 is 0.804 bits per heavy atom.